The number of benzene rings is 1. The van der Waals surface area contributed by atoms with Crippen LogP contribution in [0.15, 0.2) is 18.3 Å². The summed E-state index contributed by atoms with van der Waals surface area (Å²) >= 11 is 0. The molecule has 0 saturated carbocycles. The number of rotatable bonds is 2. The molecule has 2 aliphatic rings. The highest BCUT2D eigenvalue weighted by Crippen LogP contribution is 2.34. The van der Waals surface area contributed by atoms with Gasteiger partial charge < -0.3 is 15.5 Å². The Kier molecular flexibility index (Phi) is 3.86. The smallest absolute Gasteiger partial charge is 0.260 e. The average Bonchev–Trinajstić information content (AvgIpc) is 3.32. The van der Waals surface area contributed by atoms with E-state index < -0.39 is 29.4 Å². The Morgan fingerprint density at radius 3 is 2.11 bits per heavy atom. The lowest BCUT2D eigenvalue weighted by atomic mass is 10.1. The summed E-state index contributed by atoms with van der Waals surface area (Å²) in [7, 11) is 1.40. The van der Waals surface area contributed by atoms with Crippen molar-refractivity contribution >= 4 is 17.5 Å². The van der Waals surface area contributed by atoms with E-state index in [1.807, 2.05) is 0 Å². The Hall–Kier alpha value is -3.04. The van der Waals surface area contributed by atoms with Crippen LogP contribution in [0.2, 0.25) is 0 Å². The van der Waals surface area contributed by atoms with Gasteiger partial charge in [-0.3, -0.25) is 9.59 Å². The molecule has 1 aromatic heterocycles. The van der Waals surface area contributed by atoms with E-state index in [1.54, 1.807) is 0 Å². The summed E-state index contributed by atoms with van der Waals surface area (Å²) in [6, 6.07) is 0.987. The number of nitrogens with zero attached hydrogens (tertiary/aromatic N) is 4. The standard InChI is InChI=1S/C17H16F3N5O2/c1-23-15(20)11(5-22-23)17(27)25-7-8-2-9(25)6-24(8)16(26)10-3-12(18)13(19)4-14(10)21/h3-5,8-9H,2,6-7,21H2,1H3/t8-,9-/m0/s1. The van der Waals surface area contributed by atoms with Gasteiger partial charge in [-0.1, -0.05) is 0 Å². The van der Waals surface area contributed by atoms with Crippen LogP contribution in [0.1, 0.15) is 27.1 Å². The van der Waals surface area contributed by atoms with Crippen molar-refractivity contribution in [2.24, 2.45) is 7.05 Å². The molecule has 2 amide bonds. The lowest BCUT2D eigenvalue weighted by Crippen LogP contribution is -2.50. The molecule has 2 aromatic rings. The third-order valence-corrected chi connectivity index (χ3v) is 5.18. The van der Waals surface area contributed by atoms with Gasteiger partial charge in [0.2, 0.25) is 5.95 Å². The van der Waals surface area contributed by atoms with Gasteiger partial charge in [-0.15, -0.1) is 0 Å². The van der Waals surface area contributed by atoms with Crippen molar-refractivity contribution in [3.8, 4) is 0 Å². The van der Waals surface area contributed by atoms with Crippen LogP contribution in [-0.4, -0.2) is 56.6 Å². The molecule has 0 radical (unpaired) electrons. The number of halogens is 3. The maximum Gasteiger partial charge on any atom is 0.260 e. The number of nitrogens with two attached hydrogens (primary N) is 1. The number of hydrogen-bond donors (Lipinski definition) is 1. The van der Waals surface area contributed by atoms with Crippen molar-refractivity contribution in [2.75, 3.05) is 18.8 Å². The quantitative estimate of drug-likeness (QED) is 0.794. The fraction of sp³-hybridized carbons (Fsp3) is 0.353. The van der Waals surface area contributed by atoms with Crippen LogP contribution < -0.4 is 5.73 Å². The fourth-order valence-electron chi connectivity index (χ4n) is 3.79. The molecule has 2 aliphatic heterocycles. The Bertz CT molecular complexity index is 960. The molecule has 10 heteroatoms. The molecule has 27 heavy (non-hydrogen) atoms. The van der Waals surface area contributed by atoms with E-state index in [1.165, 1.54) is 23.0 Å². The monoisotopic (exact) mass is 379 g/mol. The third-order valence-electron chi connectivity index (χ3n) is 5.18. The van der Waals surface area contributed by atoms with Gasteiger partial charge in [0.15, 0.2) is 11.6 Å². The van der Waals surface area contributed by atoms with Gasteiger partial charge in [0.05, 0.1) is 23.8 Å². The number of hydrogen-bond acceptors (Lipinski definition) is 4. The van der Waals surface area contributed by atoms with Crippen molar-refractivity contribution in [1.29, 1.82) is 0 Å². The number of nitrogen functional groups attached to an aromatic ring is 1. The zero-order valence-corrected chi connectivity index (χ0v) is 14.3. The van der Waals surface area contributed by atoms with Crippen LogP contribution in [0.5, 0.6) is 0 Å². The van der Waals surface area contributed by atoms with Crippen molar-refractivity contribution in [1.82, 2.24) is 19.6 Å². The van der Waals surface area contributed by atoms with Gasteiger partial charge in [0.1, 0.15) is 5.56 Å². The first-order chi connectivity index (χ1) is 12.8. The average molecular weight is 379 g/mol. The van der Waals surface area contributed by atoms with Crippen molar-refractivity contribution in [3.05, 3.63) is 47.0 Å². The number of aryl methyl sites for hydroxylation is 1. The van der Waals surface area contributed by atoms with Crippen LogP contribution in [0.25, 0.3) is 0 Å². The zero-order chi connectivity index (χ0) is 19.5. The number of amides is 2. The molecule has 2 N–H and O–H groups in total. The number of aromatic nitrogens is 2. The second-order valence-corrected chi connectivity index (χ2v) is 6.78. The minimum Gasteiger partial charge on any atom is -0.398 e. The van der Waals surface area contributed by atoms with Crippen molar-refractivity contribution < 1.29 is 22.8 Å². The summed E-state index contributed by atoms with van der Waals surface area (Å²) in [6.45, 7) is 0.447. The number of piperazine rings is 1. The van der Waals surface area contributed by atoms with E-state index in [0.29, 0.717) is 6.42 Å². The van der Waals surface area contributed by atoms with E-state index in [4.69, 9.17) is 5.73 Å². The van der Waals surface area contributed by atoms with Gasteiger partial charge in [-0.05, 0) is 12.5 Å². The summed E-state index contributed by atoms with van der Waals surface area (Å²) in [6.07, 6.45) is 1.71. The molecule has 2 atom stereocenters. The second-order valence-electron chi connectivity index (χ2n) is 6.78. The van der Waals surface area contributed by atoms with E-state index in [-0.39, 0.29) is 42.0 Å². The molecule has 2 bridgehead atoms. The molecule has 142 valence electrons. The largest absolute Gasteiger partial charge is 0.398 e. The molecule has 2 saturated heterocycles. The Morgan fingerprint density at radius 2 is 1.59 bits per heavy atom. The highest BCUT2D eigenvalue weighted by Gasteiger charge is 2.48. The first kappa shape index (κ1) is 17.4. The first-order valence-corrected chi connectivity index (χ1v) is 8.32. The van der Waals surface area contributed by atoms with Gasteiger partial charge in [-0.25, -0.2) is 13.5 Å². The predicted octanol–water partition coefficient (Wildman–Crippen LogP) is 1.16. The van der Waals surface area contributed by atoms with E-state index in [0.717, 1.165) is 16.8 Å². The van der Waals surface area contributed by atoms with E-state index in [9.17, 15) is 22.8 Å². The third kappa shape index (κ3) is 2.63. The predicted molar refractivity (Wildman–Crippen MR) is 88.2 cm³/mol. The lowest BCUT2D eigenvalue weighted by molar-refractivity contribution is 0.0524. The minimum absolute atomic E-state index is 0.113. The van der Waals surface area contributed by atoms with E-state index in [2.05, 4.69) is 5.10 Å². The summed E-state index contributed by atoms with van der Waals surface area (Å²) in [5.74, 6) is -3.99. The first-order valence-electron chi connectivity index (χ1n) is 8.32. The van der Waals surface area contributed by atoms with Gasteiger partial charge >= 0.3 is 0 Å². The maximum absolute atomic E-state index is 14.0. The highest BCUT2D eigenvalue weighted by atomic mass is 19.2. The molecule has 1 aromatic carbocycles. The van der Waals surface area contributed by atoms with Crippen LogP contribution in [0.3, 0.4) is 0 Å². The second kappa shape index (κ2) is 6.00. The number of carbonyl (C=O) groups excluding carboxylic acids is 2. The molecular formula is C17H16F3N5O2. The Labute approximate surface area is 152 Å². The molecule has 0 unspecified atom stereocenters. The normalized spacial score (nSPS) is 21.2. The molecule has 4 rings (SSSR count). The SMILES string of the molecule is Cn1ncc(C(=O)N2C[C@@H]3C[C@H]2CN3C(=O)c2cc(F)c(F)cc2N)c1F. The zero-order valence-electron chi connectivity index (χ0n) is 14.3. The summed E-state index contributed by atoms with van der Waals surface area (Å²) in [4.78, 5) is 28.3. The van der Waals surface area contributed by atoms with Crippen LogP contribution >= 0.6 is 0 Å². The van der Waals surface area contributed by atoms with Crippen LogP contribution in [0, 0.1) is 17.6 Å². The van der Waals surface area contributed by atoms with Gasteiger partial charge in [0.25, 0.3) is 11.8 Å². The van der Waals surface area contributed by atoms with Gasteiger partial charge in [0, 0.05) is 31.9 Å². The Balaban J connectivity index is 1.52. The molecular weight excluding hydrogens is 363 g/mol. The van der Waals surface area contributed by atoms with Crippen molar-refractivity contribution in [2.45, 2.75) is 18.5 Å². The minimum atomic E-state index is -1.15. The lowest BCUT2D eigenvalue weighted by Gasteiger charge is -2.34. The molecule has 0 spiro atoms. The fourth-order valence-corrected chi connectivity index (χ4v) is 3.79. The summed E-state index contributed by atoms with van der Waals surface area (Å²) in [5.41, 5.74) is 5.28. The maximum atomic E-state index is 14.0. The summed E-state index contributed by atoms with van der Waals surface area (Å²) in [5, 5.41) is 3.73. The number of fused-ring (bicyclic) bond motifs is 2. The number of likely N-dealkylation sites (tertiary alicyclic amines) is 2. The summed E-state index contributed by atoms with van der Waals surface area (Å²) < 4.78 is 41.6. The highest BCUT2D eigenvalue weighted by molar-refractivity contribution is 6.00. The number of carbonyl (C=O) groups is 2. The molecule has 2 fully saturated rings. The number of anilines is 1. The molecule has 7 nitrogen and oxygen atoms in total. The van der Waals surface area contributed by atoms with Crippen molar-refractivity contribution in [3.63, 3.8) is 0 Å². The van der Waals surface area contributed by atoms with Gasteiger partial charge in [-0.2, -0.15) is 9.49 Å². The topological polar surface area (TPSA) is 84.5 Å². The van der Waals surface area contributed by atoms with E-state index >= 15 is 0 Å². The van der Waals surface area contributed by atoms with Crippen LogP contribution in [-0.2, 0) is 7.05 Å². The Morgan fingerprint density at radius 1 is 1.04 bits per heavy atom. The molecule has 3 heterocycles. The van der Waals surface area contributed by atoms with Crippen LogP contribution in [0.4, 0.5) is 18.9 Å². The molecule has 0 aliphatic carbocycles.